The predicted octanol–water partition coefficient (Wildman–Crippen LogP) is 3.34. The molecule has 0 aromatic carbocycles. The predicted molar refractivity (Wildman–Crippen MR) is 73.9 cm³/mol. The number of ether oxygens (including phenoxy) is 1. The number of piperidine rings is 1. The first kappa shape index (κ1) is 11.9. The Morgan fingerprint density at radius 3 is 2.89 bits per heavy atom. The fraction of sp³-hybridized carbons (Fsp3) is 0.625. The smallest absolute Gasteiger partial charge is 0.0995 e. The maximum atomic E-state index is 5.56. The molecule has 0 amide bonds. The van der Waals surface area contributed by atoms with Crippen molar-refractivity contribution >= 4 is 0 Å². The number of fused-ring (bicyclic) bond motifs is 3. The Hall–Kier alpha value is -1.18. The molecular formula is C16H23NO. The number of methoxy groups -OCH3 is 1. The maximum absolute atomic E-state index is 5.56. The van der Waals surface area contributed by atoms with Crippen LogP contribution < -0.4 is 0 Å². The molecule has 4 atom stereocenters. The number of allylic oxidation sites excluding steroid dienone is 6. The molecule has 0 bridgehead atoms. The molecule has 1 heterocycles. The zero-order valence-corrected chi connectivity index (χ0v) is 11.6. The van der Waals surface area contributed by atoms with Gasteiger partial charge < -0.3 is 9.64 Å². The van der Waals surface area contributed by atoms with Crippen LogP contribution in [-0.2, 0) is 4.74 Å². The van der Waals surface area contributed by atoms with Gasteiger partial charge in [-0.15, -0.1) is 0 Å². The number of nitrogens with zero attached hydrogens (tertiary/aromatic N) is 1. The van der Waals surface area contributed by atoms with Crippen LogP contribution in [0.25, 0.3) is 0 Å². The van der Waals surface area contributed by atoms with Crippen molar-refractivity contribution < 1.29 is 4.74 Å². The Labute approximate surface area is 110 Å². The molecule has 2 heteroatoms. The lowest BCUT2D eigenvalue weighted by Crippen LogP contribution is -2.43. The molecule has 3 aliphatic rings. The summed E-state index contributed by atoms with van der Waals surface area (Å²) >= 11 is 0. The van der Waals surface area contributed by atoms with E-state index >= 15 is 0 Å². The summed E-state index contributed by atoms with van der Waals surface area (Å²) in [6.07, 6.45) is 12.9. The highest BCUT2D eigenvalue weighted by atomic mass is 16.5. The molecule has 1 saturated heterocycles. The molecule has 0 aromatic rings. The van der Waals surface area contributed by atoms with Crippen LogP contribution in [0.3, 0.4) is 0 Å². The zero-order valence-electron chi connectivity index (χ0n) is 11.6. The van der Waals surface area contributed by atoms with Gasteiger partial charge in [-0.05, 0) is 38.2 Å². The van der Waals surface area contributed by atoms with Gasteiger partial charge in [0, 0.05) is 30.6 Å². The van der Waals surface area contributed by atoms with E-state index in [2.05, 4.69) is 43.2 Å². The van der Waals surface area contributed by atoms with Crippen molar-refractivity contribution in [1.29, 1.82) is 0 Å². The van der Waals surface area contributed by atoms with Crippen molar-refractivity contribution in [3.63, 3.8) is 0 Å². The fourth-order valence-corrected chi connectivity index (χ4v) is 3.84. The molecule has 3 rings (SSSR count). The summed E-state index contributed by atoms with van der Waals surface area (Å²) in [7, 11) is 4.05. The lowest BCUT2D eigenvalue weighted by atomic mass is 9.68. The van der Waals surface area contributed by atoms with Crippen LogP contribution >= 0.6 is 0 Å². The third-order valence-corrected chi connectivity index (χ3v) is 5.05. The van der Waals surface area contributed by atoms with E-state index in [0.29, 0.717) is 23.8 Å². The molecule has 98 valence electrons. The third kappa shape index (κ3) is 1.70. The molecular weight excluding hydrogens is 222 g/mol. The number of hydrogen-bond acceptors (Lipinski definition) is 2. The van der Waals surface area contributed by atoms with Gasteiger partial charge in [0.05, 0.1) is 12.9 Å². The summed E-state index contributed by atoms with van der Waals surface area (Å²) < 4.78 is 5.56. The Balaban J connectivity index is 1.91. The second-order valence-corrected chi connectivity index (χ2v) is 5.85. The van der Waals surface area contributed by atoms with Gasteiger partial charge in [0.2, 0.25) is 0 Å². The van der Waals surface area contributed by atoms with Gasteiger partial charge in [0.1, 0.15) is 0 Å². The summed E-state index contributed by atoms with van der Waals surface area (Å²) in [5.41, 5.74) is 1.57. The summed E-state index contributed by atoms with van der Waals surface area (Å²) in [4.78, 5) is 2.49. The van der Waals surface area contributed by atoms with Crippen LogP contribution in [0.5, 0.6) is 0 Å². The first-order valence-corrected chi connectivity index (χ1v) is 7.07. The molecule has 0 radical (unpaired) electrons. The second-order valence-electron chi connectivity index (χ2n) is 5.85. The van der Waals surface area contributed by atoms with Crippen molar-refractivity contribution in [1.82, 2.24) is 4.90 Å². The van der Waals surface area contributed by atoms with E-state index < -0.39 is 0 Å². The second kappa shape index (κ2) is 4.49. The van der Waals surface area contributed by atoms with E-state index in [1.807, 2.05) is 0 Å². The van der Waals surface area contributed by atoms with E-state index in [-0.39, 0.29) is 0 Å². The lowest BCUT2D eigenvalue weighted by molar-refractivity contribution is 0.127. The van der Waals surface area contributed by atoms with Crippen LogP contribution in [-0.4, -0.2) is 25.1 Å². The average molecular weight is 245 g/mol. The molecule has 0 aromatic heterocycles. The molecule has 0 N–H and O–H groups in total. The van der Waals surface area contributed by atoms with Crippen LogP contribution in [0.1, 0.15) is 26.2 Å². The van der Waals surface area contributed by atoms with Crippen molar-refractivity contribution in [2.45, 2.75) is 32.2 Å². The summed E-state index contributed by atoms with van der Waals surface area (Å²) in [5.74, 6) is 3.06. The monoisotopic (exact) mass is 245 g/mol. The molecule has 2 nitrogen and oxygen atoms in total. The Bertz CT molecular complexity index is 421. The molecule has 1 aliphatic heterocycles. The molecule has 2 aliphatic carbocycles. The fourth-order valence-electron chi connectivity index (χ4n) is 3.84. The van der Waals surface area contributed by atoms with E-state index in [4.69, 9.17) is 4.74 Å². The highest BCUT2D eigenvalue weighted by Crippen LogP contribution is 2.47. The van der Waals surface area contributed by atoms with Crippen LogP contribution in [0.4, 0.5) is 0 Å². The van der Waals surface area contributed by atoms with Crippen molar-refractivity contribution in [3.8, 4) is 0 Å². The molecule has 3 unspecified atom stereocenters. The quantitative estimate of drug-likeness (QED) is 0.702. The first-order chi connectivity index (χ1) is 8.72. The highest BCUT2D eigenvalue weighted by molar-refractivity contribution is 5.28. The van der Waals surface area contributed by atoms with Gasteiger partial charge in [-0.1, -0.05) is 18.2 Å². The zero-order chi connectivity index (χ0) is 12.7. The topological polar surface area (TPSA) is 12.5 Å². The van der Waals surface area contributed by atoms with Crippen LogP contribution in [0.15, 0.2) is 35.8 Å². The van der Waals surface area contributed by atoms with Gasteiger partial charge in [-0.25, -0.2) is 0 Å². The largest absolute Gasteiger partial charge is 0.501 e. The van der Waals surface area contributed by atoms with E-state index in [1.165, 1.54) is 18.6 Å². The van der Waals surface area contributed by atoms with Crippen molar-refractivity contribution in [2.24, 2.45) is 17.8 Å². The van der Waals surface area contributed by atoms with Crippen molar-refractivity contribution in [2.75, 3.05) is 14.2 Å². The number of rotatable bonds is 1. The SMILES string of the molecule is COC1=CC=CC2C1CC=C1[C@H]2CCC(C)N1C. The maximum Gasteiger partial charge on any atom is 0.0995 e. The molecule has 1 fully saturated rings. The van der Waals surface area contributed by atoms with Gasteiger partial charge in [0.25, 0.3) is 0 Å². The van der Waals surface area contributed by atoms with Gasteiger partial charge in [-0.2, -0.15) is 0 Å². The number of likely N-dealkylation sites (tertiary alicyclic amines) is 1. The average Bonchev–Trinajstić information content (AvgIpc) is 2.41. The normalized spacial score (nSPS) is 38.5. The Morgan fingerprint density at radius 1 is 1.28 bits per heavy atom. The minimum atomic E-state index is 0.565. The molecule has 0 saturated carbocycles. The van der Waals surface area contributed by atoms with E-state index in [1.54, 1.807) is 12.8 Å². The minimum Gasteiger partial charge on any atom is -0.501 e. The van der Waals surface area contributed by atoms with Gasteiger partial charge in [0.15, 0.2) is 0 Å². The van der Waals surface area contributed by atoms with E-state index in [0.717, 1.165) is 6.42 Å². The van der Waals surface area contributed by atoms with E-state index in [9.17, 15) is 0 Å². The standard InChI is InChI=1S/C16H23NO/c1-11-7-8-13-12-5-4-6-16(18-3)14(12)9-10-15(13)17(11)2/h4-6,10-14H,7-9H2,1-3H3/t11?,12?,13-,14?/m0/s1. The first-order valence-electron chi connectivity index (χ1n) is 7.07. The Kier molecular flexibility index (Phi) is 2.96. The third-order valence-electron chi connectivity index (χ3n) is 5.05. The Morgan fingerprint density at radius 2 is 2.11 bits per heavy atom. The minimum absolute atomic E-state index is 0.565. The molecule has 0 spiro atoms. The molecule has 18 heavy (non-hydrogen) atoms. The van der Waals surface area contributed by atoms with Gasteiger partial charge in [-0.3, -0.25) is 0 Å². The van der Waals surface area contributed by atoms with Crippen molar-refractivity contribution in [3.05, 3.63) is 35.8 Å². The van der Waals surface area contributed by atoms with Crippen LogP contribution in [0, 0.1) is 17.8 Å². The highest BCUT2D eigenvalue weighted by Gasteiger charge is 2.40. The van der Waals surface area contributed by atoms with Gasteiger partial charge >= 0.3 is 0 Å². The number of hydrogen-bond donors (Lipinski definition) is 0. The summed E-state index contributed by atoms with van der Waals surface area (Å²) in [6, 6.07) is 0.689. The lowest BCUT2D eigenvalue weighted by Gasteiger charge is -2.47. The summed E-state index contributed by atoms with van der Waals surface area (Å²) in [6.45, 7) is 2.33. The summed E-state index contributed by atoms with van der Waals surface area (Å²) in [5, 5.41) is 0. The van der Waals surface area contributed by atoms with Crippen LogP contribution in [0.2, 0.25) is 0 Å².